The van der Waals surface area contributed by atoms with Crippen molar-refractivity contribution < 1.29 is 13.2 Å². The summed E-state index contributed by atoms with van der Waals surface area (Å²) in [6.07, 6.45) is 0.990. The first-order valence-corrected chi connectivity index (χ1v) is 5.61. The van der Waals surface area contributed by atoms with Gasteiger partial charge in [0.05, 0.1) is 6.07 Å². The summed E-state index contributed by atoms with van der Waals surface area (Å²) in [5.41, 5.74) is -0.607. The highest BCUT2D eigenvalue weighted by atomic mass is 19.1. The van der Waals surface area contributed by atoms with Gasteiger partial charge in [-0.25, -0.2) is 13.2 Å². The van der Waals surface area contributed by atoms with E-state index < -0.39 is 17.5 Å². The fraction of sp³-hybridized carbons (Fsp3) is 0.462. The second kappa shape index (κ2) is 5.76. The van der Waals surface area contributed by atoms with Gasteiger partial charge in [0.15, 0.2) is 11.6 Å². The molecule has 0 fully saturated rings. The molecule has 0 atom stereocenters. The van der Waals surface area contributed by atoms with Crippen LogP contribution in [-0.2, 0) is 0 Å². The maximum absolute atomic E-state index is 13.3. The minimum Gasteiger partial charge on any atom is -0.380 e. The van der Waals surface area contributed by atoms with Gasteiger partial charge in [0.2, 0.25) is 0 Å². The molecule has 5 heteroatoms. The van der Waals surface area contributed by atoms with Crippen molar-refractivity contribution in [2.24, 2.45) is 5.41 Å². The van der Waals surface area contributed by atoms with Gasteiger partial charge in [0, 0.05) is 25.1 Å². The van der Waals surface area contributed by atoms with Crippen LogP contribution in [0.5, 0.6) is 0 Å². The molecule has 18 heavy (non-hydrogen) atoms. The zero-order valence-electron chi connectivity index (χ0n) is 10.4. The summed E-state index contributed by atoms with van der Waals surface area (Å²) < 4.78 is 39.4. The molecular formula is C13H15F3N2. The van der Waals surface area contributed by atoms with E-state index >= 15 is 0 Å². The van der Waals surface area contributed by atoms with Crippen LogP contribution in [0, 0.1) is 34.2 Å². The van der Waals surface area contributed by atoms with Gasteiger partial charge in [-0.15, -0.1) is 0 Å². The minimum atomic E-state index is -0.955. The van der Waals surface area contributed by atoms with Crippen molar-refractivity contribution in [3.63, 3.8) is 0 Å². The quantitative estimate of drug-likeness (QED) is 0.868. The number of benzene rings is 1. The van der Waals surface area contributed by atoms with E-state index in [9.17, 15) is 13.2 Å². The predicted molar refractivity (Wildman–Crippen MR) is 63.4 cm³/mol. The normalized spacial score (nSPS) is 11.1. The van der Waals surface area contributed by atoms with Crippen molar-refractivity contribution in [1.29, 1.82) is 5.26 Å². The maximum atomic E-state index is 13.3. The SMILES string of the molecule is CC(C)(CCC#N)CNc1c(F)cc(F)cc1F. The van der Waals surface area contributed by atoms with E-state index in [1.165, 1.54) is 0 Å². The standard InChI is InChI=1S/C13H15F3N2/c1-13(2,4-3-5-17)8-18-12-10(15)6-9(14)7-11(12)16/h6-7,18H,3-4,8H2,1-2H3. The van der Waals surface area contributed by atoms with E-state index in [2.05, 4.69) is 5.32 Å². The van der Waals surface area contributed by atoms with E-state index in [1.807, 2.05) is 19.9 Å². The number of nitrogens with zero attached hydrogens (tertiary/aromatic N) is 1. The molecule has 0 aliphatic carbocycles. The number of hydrogen-bond donors (Lipinski definition) is 1. The van der Waals surface area contributed by atoms with Gasteiger partial charge in [-0.05, 0) is 11.8 Å². The van der Waals surface area contributed by atoms with Crippen LogP contribution in [-0.4, -0.2) is 6.54 Å². The molecule has 0 radical (unpaired) electrons. The molecule has 0 saturated carbocycles. The summed E-state index contributed by atoms with van der Waals surface area (Å²) in [5, 5.41) is 11.1. The van der Waals surface area contributed by atoms with Gasteiger partial charge in [-0.3, -0.25) is 0 Å². The van der Waals surface area contributed by atoms with Gasteiger partial charge < -0.3 is 5.32 Å². The second-order valence-corrected chi connectivity index (χ2v) is 4.92. The Morgan fingerprint density at radius 1 is 1.22 bits per heavy atom. The molecule has 0 unspecified atom stereocenters. The highest BCUT2D eigenvalue weighted by Gasteiger charge is 2.19. The second-order valence-electron chi connectivity index (χ2n) is 4.92. The topological polar surface area (TPSA) is 35.8 Å². The van der Waals surface area contributed by atoms with Crippen molar-refractivity contribution in [3.05, 3.63) is 29.6 Å². The zero-order chi connectivity index (χ0) is 13.8. The molecule has 0 bridgehead atoms. The lowest BCUT2D eigenvalue weighted by Gasteiger charge is -2.24. The average molecular weight is 256 g/mol. The highest BCUT2D eigenvalue weighted by molar-refractivity contribution is 5.46. The van der Waals surface area contributed by atoms with Crippen LogP contribution in [0.4, 0.5) is 18.9 Å². The lowest BCUT2D eigenvalue weighted by molar-refractivity contribution is 0.362. The Hall–Kier alpha value is -1.70. The van der Waals surface area contributed by atoms with Crippen molar-refractivity contribution >= 4 is 5.69 Å². The molecule has 1 aromatic rings. The van der Waals surface area contributed by atoms with E-state index in [0.717, 1.165) is 0 Å². The van der Waals surface area contributed by atoms with Crippen LogP contribution in [0.25, 0.3) is 0 Å². The first kappa shape index (κ1) is 14.4. The Bertz CT molecular complexity index is 441. The molecule has 0 aromatic heterocycles. The Labute approximate surface area is 104 Å². The van der Waals surface area contributed by atoms with Crippen molar-refractivity contribution in [2.75, 3.05) is 11.9 Å². The molecule has 1 aromatic carbocycles. The fourth-order valence-electron chi connectivity index (χ4n) is 1.52. The Morgan fingerprint density at radius 2 is 1.78 bits per heavy atom. The van der Waals surface area contributed by atoms with Crippen LogP contribution in [0.15, 0.2) is 12.1 Å². The number of rotatable bonds is 5. The van der Waals surface area contributed by atoms with Crippen LogP contribution in [0.3, 0.4) is 0 Å². The summed E-state index contributed by atoms with van der Waals surface area (Å²) in [4.78, 5) is 0. The number of nitrogens with one attached hydrogen (secondary N) is 1. The van der Waals surface area contributed by atoms with E-state index in [4.69, 9.17) is 5.26 Å². The summed E-state index contributed by atoms with van der Waals surface area (Å²) in [5.74, 6) is -2.86. The molecule has 0 saturated heterocycles. The smallest absolute Gasteiger partial charge is 0.152 e. The van der Waals surface area contributed by atoms with Crippen LogP contribution >= 0.6 is 0 Å². The highest BCUT2D eigenvalue weighted by Crippen LogP contribution is 2.25. The summed E-state index contributed by atoms with van der Waals surface area (Å²) in [7, 11) is 0. The summed E-state index contributed by atoms with van der Waals surface area (Å²) in [6.45, 7) is 4.07. The van der Waals surface area contributed by atoms with Gasteiger partial charge in [-0.2, -0.15) is 5.26 Å². The lowest BCUT2D eigenvalue weighted by Crippen LogP contribution is -2.23. The Balaban J connectivity index is 2.72. The van der Waals surface area contributed by atoms with Crippen molar-refractivity contribution in [3.8, 4) is 6.07 Å². The van der Waals surface area contributed by atoms with E-state index in [-0.39, 0.29) is 11.1 Å². The van der Waals surface area contributed by atoms with Crippen molar-refractivity contribution in [2.45, 2.75) is 26.7 Å². The molecule has 98 valence electrons. The molecule has 0 amide bonds. The molecule has 0 aliphatic rings. The van der Waals surface area contributed by atoms with Gasteiger partial charge >= 0.3 is 0 Å². The molecule has 2 nitrogen and oxygen atoms in total. The molecular weight excluding hydrogens is 241 g/mol. The van der Waals surface area contributed by atoms with Gasteiger partial charge in [0.25, 0.3) is 0 Å². The monoisotopic (exact) mass is 256 g/mol. The number of hydrogen-bond acceptors (Lipinski definition) is 2. The third-order valence-electron chi connectivity index (χ3n) is 2.66. The van der Waals surface area contributed by atoms with Crippen LogP contribution < -0.4 is 5.32 Å². The van der Waals surface area contributed by atoms with Crippen LogP contribution in [0.1, 0.15) is 26.7 Å². The van der Waals surface area contributed by atoms with Crippen molar-refractivity contribution in [1.82, 2.24) is 0 Å². The maximum Gasteiger partial charge on any atom is 0.152 e. The number of anilines is 1. The first-order valence-electron chi connectivity index (χ1n) is 5.61. The minimum absolute atomic E-state index is 0.275. The molecule has 0 heterocycles. The molecule has 1 N–H and O–H groups in total. The average Bonchev–Trinajstić information content (AvgIpc) is 2.24. The van der Waals surface area contributed by atoms with Gasteiger partial charge in [0.1, 0.15) is 11.5 Å². The largest absolute Gasteiger partial charge is 0.380 e. The predicted octanol–water partition coefficient (Wildman–Crippen LogP) is 3.85. The zero-order valence-corrected chi connectivity index (χ0v) is 10.4. The van der Waals surface area contributed by atoms with Gasteiger partial charge in [-0.1, -0.05) is 13.8 Å². The van der Waals surface area contributed by atoms with Crippen LogP contribution in [0.2, 0.25) is 0 Å². The summed E-state index contributed by atoms with van der Waals surface area (Å²) in [6, 6.07) is 3.29. The molecule has 1 rings (SSSR count). The Kier molecular flexibility index (Phi) is 4.60. The van der Waals surface area contributed by atoms with E-state index in [1.54, 1.807) is 0 Å². The number of halogens is 3. The Morgan fingerprint density at radius 3 is 2.28 bits per heavy atom. The summed E-state index contributed by atoms with van der Waals surface area (Å²) >= 11 is 0. The van der Waals surface area contributed by atoms with E-state index in [0.29, 0.717) is 31.5 Å². The molecule has 0 aliphatic heterocycles. The number of nitriles is 1. The fourth-order valence-corrected chi connectivity index (χ4v) is 1.52. The first-order chi connectivity index (χ1) is 8.35. The molecule has 0 spiro atoms. The third kappa shape index (κ3) is 3.95. The third-order valence-corrected chi connectivity index (χ3v) is 2.66. The lowest BCUT2D eigenvalue weighted by atomic mass is 9.88.